The van der Waals surface area contributed by atoms with E-state index in [1.54, 1.807) is 43.3 Å². The van der Waals surface area contributed by atoms with E-state index in [-0.39, 0.29) is 17.9 Å². The predicted molar refractivity (Wildman–Crippen MR) is 113 cm³/mol. The third-order valence-electron chi connectivity index (χ3n) is 4.86. The second-order valence-corrected chi connectivity index (χ2v) is 7.08. The fraction of sp³-hybridized carbons (Fsp3) is 0.227. The fourth-order valence-corrected chi connectivity index (χ4v) is 3.64. The normalized spacial score (nSPS) is 16.3. The maximum absolute atomic E-state index is 13.1. The standard InChI is InChI=1S/C22H21ClN2O5/c1-13-20(22(28)30-3)16(12-19(26)25(13)15-7-5-4-6-8-15)21(27)24-17-11-14(23)9-10-18(17)29-2/h4-11,16H,12H2,1-3H3,(H,24,27)/t16-/m1/s1. The number of methoxy groups -OCH3 is 2. The number of para-hydroxylation sites is 1. The van der Waals surface area contributed by atoms with Gasteiger partial charge in [0.15, 0.2) is 0 Å². The number of benzene rings is 2. The van der Waals surface area contributed by atoms with Crippen LogP contribution in [0.2, 0.25) is 5.02 Å². The number of esters is 1. The summed E-state index contributed by atoms with van der Waals surface area (Å²) >= 11 is 6.03. The summed E-state index contributed by atoms with van der Waals surface area (Å²) in [6.45, 7) is 1.62. The molecule has 2 aromatic carbocycles. The van der Waals surface area contributed by atoms with E-state index in [2.05, 4.69) is 5.32 Å². The van der Waals surface area contributed by atoms with E-state index >= 15 is 0 Å². The van der Waals surface area contributed by atoms with Crippen LogP contribution in [0.1, 0.15) is 13.3 Å². The van der Waals surface area contributed by atoms with Crippen molar-refractivity contribution in [2.45, 2.75) is 13.3 Å². The van der Waals surface area contributed by atoms with Crippen LogP contribution in [-0.2, 0) is 19.1 Å². The van der Waals surface area contributed by atoms with Crippen molar-refractivity contribution < 1.29 is 23.9 Å². The third-order valence-corrected chi connectivity index (χ3v) is 5.09. The topological polar surface area (TPSA) is 84.9 Å². The van der Waals surface area contributed by atoms with Crippen LogP contribution in [0.5, 0.6) is 5.75 Å². The molecule has 1 aliphatic rings. The van der Waals surface area contributed by atoms with Gasteiger partial charge in [-0.05, 0) is 37.3 Å². The molecule has 8 heteroatoms. The van der Waals surface area contributed by atoms with Crippen molar-refractivity contribution in [1.82, 2.24) is 0 Å². The van der Waals surface area contributed by atoms with E-state index in [9.17, 15) is 14.4 Å². The molecule has 2 aromatic rings. The number of hydrogen-bond donors (Lipinski definition) is 1. The number of anilines is 2. The molecule has 0 aliphatic carbocycles. The minimum atomic E-state index is -1.02. The number of nitrogens with one attached hydrogen (secondary N) is 1. The maximum Gasteiger partial charge on any atom is 0.336 e. The molecule has 0 spiro atoms. The molecule has 156 valence electrons. The summed E-state index contributed by atoms with van der Waals surface area (Å²) in [4.78, 5) is 40.0. The monoisotopic (exact) mass is 428 g/mol. The summed E-state index contributed by atoms with van der Waals surface area (Å²) in [6, 6.07) is 13.7. The van der Waals surface area contributed by atoms with E-state index in [1.807, 2.05) is 6.07 Å². The van der Waals surface area contributed by atoms with Gasteiger partial charge >= 0.3 is 5.97 Å². The second-order valence-electron chi connectivity index (χ2n) is 6.65. The summed E-state index contributed by atoms with van der Waals surface area (Å²) in [5.74, 6) is -2.12. The Hall–Kier alpha value is -3.32. The fourth-order valence-electron chi connectivity index (χ4n) is 3.46. The quantitative estimate of drug-likeness (QED) is 0.732. The van der Waals surface area contributed by atoms with Crippen molar-refractivity contribution in [3.05, 3.63) is 64.8 Å². The molecule has 0 saturated carbocycles. The molecule has 0 aromatic heterocycles. The molecular formula is C22H21ClN2O5. The van der Waals surface area contributed by atoms with Crippen LogP contribution >= 0.6 is 11.6 Å². The summed E-state index contributed by atoms with van der Waals surface area (Å²) in [6.07, 6.45) is -0.189. The number of allylic oxidation sites excluding steroid dienone is 1. The molecule has 0 bridgehead atoms. The highest BCUT2D eigenvalue weighted by Crippen LogP contribution is 2.35. The highest BCUT2D eigenvalue weighted by molar-refractivity contribution is 6.31. The first-order valence-corrected chi connectivity index (χ1v) is 9.56. The van der Waals surface area contributed by atoms with Crippen molar-refractivity contribution in [2.75, 3.05) is 24.4 Å². The highest BCUT2D eigenvalue weighted by atomic mass is 35.5. The molecule has 0 radical (unpaired) electrons. The van der Waals surface area contributed by atoms with Gasteiger partial charge in [-0.3, -0.25) is 14.5 Å². The molecule has 1 N–H and O–H groups in total. The lowest BCUT2D eigenvalue weighted by atomic mass is 9.88. The lowest BCUT2D eigenvalue weighted by molar-refractivity contribution is -0.138. The summed E-state index contributed by atoms with van der Waals surface area (Å²) in [7, 11) is 2.70. The Morgan fingerprint density at radius 3 is 2.47 bits per heavy atom. The molecule has 1 aliphatic heterocycles. The summed E-state index contributed by atoms with van der Waals surface area (Å²) < 4.78 is 10.2. The molecule has 0 fully saturated rings. The number of hydrogen-bond acceptors (Lipinski definition) is 5. The molecule has 1 atom stereocenters. The van der Waals surface area contributed by atoms with Crippen molar-refractivity contribution >= 4 is 40.8 Å². The number of amides is 2. The average molecular weight is 429 g/mol. The van der Waals surface area contributed by atoms with E-state index < -0.39 is 17.8 Å². The minimum absolute atomic E-state index is 0.124. The van der Waals surface area contributed by atoms with E-state index in [0.717, 1.165) is 0 Å². The van der Waals surface area contributed by atoms with Crippen molar-refractivity contribution in [3.8, 4) is 5.75 Å². The Bertz CT molecular complexity index is 1020. The number of carbonyl (C=O) groups is 3. The Kier molecular flexibility index (Phi) is 6.42. The molecule has 3 rings (SSSR count). The van der Waals surface area contributed by atoms with Gasteiger partial charge < -0.3 is 14.8 Å². The van der Waals surface area contributed by atoms with E-state index in [4.69, 9.17) is 21.1 Å². The van der Waals surface area contributed by atoms with Gasteiger partial charge in [-0.15, -0.1) is 0 Å². The minimum Gasteiger partial charge on any atom is -0.495 e. The first kappa shape index (κ1) is 21.4. The lowest BCUT2D eigenvalue weighted by Crippen LogP contribution is -2.43. The highest BCUT2D eigenvalue weighted by Gasteiger charge is 2.40. The molecule has 2 amide bonds. The van der Waals surface area contributed by atoms with Gasteiger partial charge in [-0.2, -0.15) is 0 Å². The zero-order valence-electron chi connectivity index (χ0n) is 16.8. The molecule has 30 heavy (non-hydrogen) atoms. The average Bonchev–Trinajstić information content (AvgIpc) is 2.73. The third kappa shape index (κ3) is 4.16. The molecule has 0 saturated heterocycles. The number of carbonyl (C=O) groups excluding carboxylic acids is 3. The second kappa shape index (κ2) is 9.00. The van der Waals surface area contributed by atoms with Gasteiger partial charge in [0.05, 0.1) is 31.4 Å². The summed E-state index contributed by atoms with van der Waals surface area (Å²) in [5.41, 5.74) is 1.42. The Balaban J connectivity index is 2.01. The van der Waals surface area contributed by atoms with Gasteiger partial charge in [0, 0.05) is 22.8 Å². The van der Waals surface area contributed by atoms with Crippen molar-refractivity contribution in [3.63, 3.8) is 0 Å². The van der Waals surface area contributed by atoms with Gasteiger partial charge in [-0.1, -0.05) is 29.8 Å². The zero-order valence-corrected chi connectivity index (χ0v) is 17.5. The van der Waals surface area contributed by atoms with Crippen molar-refractivity contribution in [1.29, 1.82) is 0 Å². The maximum atomic E-state index is 13.1. The SMILES string of the molecule is COC(=O)C1=C(C)N(c2ccccc2)C(=O)C[C@H]1C(=O)Nc1cc(Cl)ccc1OC. The number of rotatable bonds is 5. The number of halogens is 1. The van der Waals surface area contributed by atoms with Gasteiger partial charge in [0.2, 0.25) is 11.8 Å². The molecule has 0 unspecified atom stereocenters. The van der Waals surface area contributed by atoms with E-state index in [0.29, 0.717) is 27.8 Å². The zero-order chi connectivity index (χ0) is 21.8. The number of nitrogens with zero attached hydrogens (tertiary/aromatic N) is 1. The van der Waals surface area contributed by atoms with Crippen LogP contribution in [0.15, 0.2) is 59.8 Å². The van der Waals surface area contributed by atoms with Crippen LogP contribution in [0.4, 0.5) is 11.4 Å². The first-order valence-electron chi connectivity index (χ1n) is 9.18. The number of ether oxygens (including phenoxy) is 2. The van der Waals surface area contributed by atoms with Crippen LogP contribution in [0.3, 0.4) is 0 Å². The van der Waals surface area contributed by atoms with Gasteiger partial charge in [0.1, 0.15) is 5.75 Å². The van der Waals surface area contributed by atoms with Crippen LogP contribution < -0.4 is 15.0 Å². The summed E-state index contributed by atoms with van der Waals surface area (Å²) in [5, 5.41) is 3.12. The molecule has 7 nitrogen and oxygen atoms in total. The lowest BCUT2D eigenvalue weighted by Gasteiger charge is -2.33. The van der Waals surface area contributed by atoms with E-state index in [1.165, 1.54) is 25.2 Å². The Morgan fingerprint density at radius 2 is 1.83 bits per heavy atom. The van der Waals surface area contributed by atoms with Crippen molar-refractivity contribution in [2.24, 2.45) is 5.92 Å². The van der Waals surface area contributed by atoms with Crippen LogP contribution in [0.25, 0.3) is 0 Å². The largest absolute Gasteiger partial charge is 0.495 e. The molecular weight excluding hydrogens is 408 g/mol. The first-order chi connectivity index (χ1) is 14.4. The van der Waals surface area contributed by atoms with Gasteiger partial charge in [-0.25, -0.2) is 4.79 Å². The smallest absolute Gasteiger partial charge is 0.336 e. The Morgan fingerprint density at radius 1 is 1.13 bits per heavy atom. The van der Waals surface area contributed by atoms with Crippen LogP contribution in [0, 0.1) is 5.92 Å². The Labute approximate surface area is 179 Å². The van der Waals surface area contributed by atoms with Crippen LogP contribution in [-0.4, -0.2) is 32.0 Å². The van der Waals surface area contributed by atoms with Gasteiger partial charge in [0.25, 0.3) is 0 Å². The predicted octanol–water partition coefficient (Wildman–Crippen LogP) is 3.79. The molecule has 1 heterocycles.